The molecule has 1 heterocycles. The number of hydrazone groups is 1. The molecular weight excluding hydrogens is 342 g/mol. The van der Waals surface area contributed by atoms with Gasteiger partial charge in [0.15, 0.2) is 0 Å². The van der Waals surface area contributed by atoms with Gasteiger partial charge in [-0.25, -0.2) is 0 Å². The van der Waals surface area contributed by atoms with Gasteiger partial charge in [-0.1, -0.05) is 29.8 Å². The zero-order valence-corrected chi connectivity index (χ0v) is 14.0. The van der Waals surface area contributed by atoms with Crippen LogP contribution >= 0.6 is 11.6 Å². The summed E-state index contributed by atoms with van der Waals surface area (Å²) >= 11 is 6.11. The van der Waals surface area contributed by atoms with Crippen LogP contribution in [0.3, 0.4) is 0 Å². The Morgan fingerprint density at radius 2 is 2.00 bits per heavy atom. The Labute approximate surface area is 148 Å². The minimum absolute atomic E-state index is 0.0653. The molecule has 6 nitrogen and oxygen atoms in total. The number of nitrogens with zero attached hydrogens (tertiary/aromatic N) is 2. The molecule has 0 fully saturated rings. The standard InChI is InChI=1S/C18H14ClN3O3/c1-12-4-2-3-5-17(12)21-20-11-14-7-9-18(25-14)15-8-6-13(22(23)24)10-16(15)19/h2-11,21H,1H3/b20-11-. The van der Waals surface area contributed by atoms with Crippen molar-refractivity contribution in [1.29, 1.82) is 0 Å². The first-order chi connectivity index (χ1) is 12.0. The van der Waals surface area contributed by atoms with E-state index in [0.717, 1.165) is 11.3 Å². The summed E-state index contributed by atoms with van der Waals surface area (Å²) in [6.07, 6.45) is 1.55. The second-order valence-electron chi connectivity index (χ2n) is 5.31. The third-order valence-electron chi connectivity index (χ3n) is 3.58. The molecule has 126 valence electrons. The Morgan fingerprint density at radius 1 is 1.20 bits per heavy atom. The summed E-state index contributed by atoms with van der Waals surface area (Å²) in [7, 11) is 0. The van der Waals surface area contributed by atoms with Crippen molar-refractivity contribution in [3.05, 3.63) is 81.1 Å². The molecular formula is C18H14ClN3O3. The lowest BCUT2D eigenvalue weighted by molar-refractivity contribution is -0.384. The number of nitrogens with one attached hydrogen (secondary N) is 1. The van der Waals surface area contributed by atoms with Gasteiger partial charge in [-0.15, -0.1) is 0 Å². The van der Waals surface area contributed by atoms with E-state index in [1.165, 1.54) is 12.1 Å². The highest BCUT2D eigenvalue weighted by Crippen LogP contribution is 2.32. The molecule has 0 bridgehead atoms. The normalized spacial score (nSPS) is 11.0. The highest BCUT2D eigenvalue weighted by atomic mass is 35.5. The molecule has 0 atom stereocenters. The van der Waals surface area contributed by atoms with E-state index in [4.69, 9.17) is 16.0 Å². The van der Waals surface area contributed by atoms with Gasteiger partial charge in [-0.05, 0) is 36.8 Å². The van der Waals surface area contributed by atoms with Crippen LogP contribution in [0.2, 0.25) is 5.02 Å². The van der Waals surface area contributed by atoms with Crippen LogP contribution in [-0.2, 0) is 0 Å². The van der Waals surface area contributed by atoms with Crippen molar-refractivity contribution in [3.63, 3.8) is 0 Å². The molecule has 0 spiro atoms. The number of halogens is 1. The first-order valence-electron chi connectivity index (χ1n) is 7.43. The molecule has 1 N–H and O–H groups in total. The van der Waals surface area contributed by atoms with E-state index in [1.807, 2.05) is 31.2 Å². The fourth-order valence-corrected chi connectivity index (χ4v) is 2.52. The molecule has 0 aliphatic rings. The molecule has 0 radical (unpaired) electrons. The van der Waals surface area contributed by atoms with Crippen molar-refractivity contribution in [3.8, 4) is 11.3 Å². The van der Waals surface area contributed by atoms with Gasteiger partial charge in [0.2, 0.25) is 0 Å². The number of aryl methyl sites for hydroxylation is 1. The van der Waals surface area contributed by atoms with Crippen molar-refractivity contribution in [2.45, 2.75) is 6.92 Å². The molecule has 0 aliphatic carbocycles. The van der Waals surface area contributed by atoms with E-state index in [9.17, 15) is 10.1 Å². The zero-order chi connectivity index (χ0) is 17.8. The van der Waals surface area contributed by atoms with Gasteiger partial charge in [0.1, 0.15) is 11.5 Å². The van der Waals surface area contributed by atoms with Crippen LogP contribution in [0.25, 0.3) is 11.3 Å². The van der Waals surface area contributed by atoms with Gasteiger partial charge in [0, 0.05) is 17.7 Å². The molecule has 7 heteroatoms. The fraction of sp³-hybridized carbons (Fsp3) is 0.0556. The second-order valence-corrected chi connectivity index (χ2v) is 5.72. The zero-order valence-electron chi connectivity index (χ0n) is 13.3. The third kappa shape index (κ3) is 3.87. The van der Waals surface area contributed by atoms with Crippen LogP contribution in [0, 0.1) is 17.0 Å². The Balaban J connectivity index is 1.75. The van der Waals surface area contributed by atoms with Gasteiger partial charge in [-0.3, -0.25) is 15.5 Å². The van der Waals surface area contributed by atoms with Crippen LogP contribution in [-0.4, -0.2) is 11.1 Å². The first-order valence-corrected chi connectivity index (χ1v) is 7.81. The molecule has 0 saturated heterocycles. The Kier molecular flexibility index (Phi) is 4.81. The predicted molar refractivity (Wildman–Crippen MR) is 98.2 cm³/mol. The number of anilines is 1. The minimum atomic E-state index is -0.493. The van der Waals surface area contributed by atoms with Crippen molar-refractivity contribution in [1.82, 2.24) is 0 Å². The Morgan fingerprint density at radius 3 is 2.72 bits per heavy atom. The number of hydrogen-bond donors (Lipinski definition) is 1. The maximum absolute atomic E-state index is 10.8. The maximum atomic E-state index is 10.8. The van der Waals surface area contributed by atoms with Crippen molar-refractivity contribution < 1.29 is 9.34 Å². The van der Waals surface area contributed by atoms with Gasteiger partial charge >= 0.3 is 0 Å². The Hall–Kier alpha value is -3.12. The molecule has 0 amide bonds. The van der Waals surface area contributed by atoms with Gasteiger partial charge in [-0.2, -0.15) is 5.10 Å². The number of benzene rings is 2. The molecule has 3 rings (SSSR count). The van der Waals surface area contributed by atoms with Gasteiger partial charge in [0.05, 0.1) is 21.8 Å². The van der Waals surface area contributed by atoms with E-state index >= 15 is 0 Å². The largest absolute Gasteiger partial charge is 0.455 e. The van der Waals surface area contributed by atoms with Crippen LogP contribution in [0.15, 0.2) is 64.1 Å². The number of non-ortho nitro benzene ring substituents is 1. The quantitative estimate of drug-likeness (QED) is 0.384. The Bertz CT molecular complexity index is 950. The van der Waals surface area contributed by atoms with Crippen LogP contribution in [0.4, 0.5) is 11.4 Å². The molecule has 0 unspecified atom stereocenters. The monoisotopic (exact) mass is 355 g/mol. The molecule has 1 aromatic heterocycles. The van der Waals surface area contributed by atoms with E-state index < -0.39 is 4.92 Å². The summed E-state index contributed by atoms with van der Waals surface area (Å²) in [4.78, 5) is 10.3. The van der Waals surface area contributed by atoms with Crippen LogP contribution < -0.4 is 5.43 Å². The lowest BCUT2D eigenvalue weighted by Gasteiger charge is -2.02. The average molecular weight is 356 g/mol. The average Bonchev–Trinajstić information content (AvgIpc) is 3.05. The van der Waals surface area contributed by atoms with Crippen molar-refractivity contribution in [2.75, 3.05) is 5.43 Å². The van der Waals surface area contributed by atoms with Crippen LogP contribution in [0.5, 0.6) is 0 Å². The summed E-state index contributed by atoms with van der Waals surface area (Å²) in [5.41, 5.74) is 5.45. The highest BCUT2D eigenvalue weighted by Gasteiger charge is 2.13. The number of nitro benzene ring substituents is 1. The fourth-order valence-electron chi connectivity index (χ4n) is 2.25. The third-order valence-corrected chi connectivity index (χ3v) is 3.89. The van der Waals surface area contributed by atoms with E-state index in [-0.39, 0.29) is 10.7 Å². The highest BCUT2D eigenvalue weighted by molar-refractivity contribution is 6.33. The predicted octanol–water partition coefficient (Wildman–Crippen LogP) is 5.26. The smallest absolute Gasteiger partial charge is 0.270 e. The van der Waals surface area contributed by atoms with Gasteiger partial charge < -0.3 is 4.42 Å². The molecule has 3 aromatic rings. The number of hydrogen-bond acceptors (Lipinski definition) is 5. The lowest BCUT2D eigenvalue weighted by atomic mass is 10.1. The minimum Gasteiger partial charge on any atom is -0.455 e. The summed E-state index contributed by atoms with van der Waals surface area (Å²) in [6.45, 7) is 1.99. The first kappa shape index (κ1) is 16.7. The number of nitro groups is 1. The topological polar surface area (TPSA) is 80.7 Å². The van der Waals surface area contributed by atoms with Gasteiger partial charge in [0.25, 0.3) is 5.69 Å². The van der Waals surface area contributed by atoms with E-state index in [2.05, 4.69) is 10.5 Å². The summed E-state index contributed by atoms with van der Waals surface area (Å²) in [5, 5.41) is 15.2. The lowest BCUT2D eigenvalue weighted by Crippen LogP contribution is -1.91. The van der Waals surface area contributed by atoms with Crippen molar-refractivity contribution >= 4 is 29.2 Å². The number of para-hydroxylation sites is 1. The number of furan rings is 1. The van der Waals surface area contributed by atoms with E-state index in [1.54, 1.807) is 24.4 Å². The second kappa shape index (κ2) is 7.19. The SMILES string of the molecule is Cc1ccccc1N/N=C\c1ccc(-c2ccc([N+](=O)[O-])cc2Cl)o1. The molecule has 25 heavy (non-hydrogen) atoms. The summed E-state index contributed by atoms with van der Waals surface area (Å²) in [6, 6.07) is 15.5. The maximum Gasteiger partial charge on any atom is 0.270 e. The molecule has 2 aromatic carbocycles. The number of rotatable bonds is 5. The summed E-state index contributed by atoms with van der Waals surface area (Å²) in [5.74, 6) is 1.04. The van der Waals surface area contributed by atoms with Crippen LogP contribution in [0.1, 0.15) is 11.3 Å². The van der Waals surface area contributed by atoms with Crippen molar-refractivity contribution in [2.24, 2.45) is 5.10 Å². The molecule has 0 aliphatic heterocycles. The van der Waals surface area contributed by atoms with E-state index in [0.29, 0.717) is 17.1 Å². The molecule has 0 saturated carbocycles. The summed E-state index contributed by atoms with van der Waals surface area (Å²) < 4.78 is 5.68.